The first-order valence-electron chi connectivity index (χ1n) is 0.698. The molecule has 0 aromatic heterocycles. The molecule has 0 spiro atoms. The van der Waals surface area contributed by atoms with Gasteiger partial charge in [0.2, 0.25) is 0 Å². The van der Waals surface area contributed by atoms with E-state index in [2.05, 4.69) is 0 Å². The second-order valence-corrected chi connectivity index (χ2v) is 1.85. The second-order valence-electron chi connectivity index (χ2n) is 0.448. The third-order valence-corrected chi connectivity index (χ3v) is 0. The molecule has 2 N–H and O–H groups in total. The quantitative estimate of drug-likeness (QED) is 0.397. The predicted molar refractivity (Wildman–Crippen MR) is 5.81 cm³/mol. The normalized spacial score (nSPS) is 4.46. The van der Waals surface area contributed by atoms with Gasteiger partial charge in [-0.05, 0) is 0 Å². The van der Waals surface area contributed by atoms with Crippen LogP contribution in [0.2, 0.25) is 0 Å². The van der Waals surface area contributed by atoms with Gasteiger partial charge < -0.3 is 74.4 Å². The zero-order valence-corrected chi connectivity index (χ0v) is 13.6. The zero-order chi connectivity index (χ0) is 4.50. The molecule has 0 aliphatic carbocycles. The van der Waals surface area contributed by atoms with E-state index in [4.69, 9.17) is 15.9 Å². The molecule has 4 nitrogen and oxygen atoms in total. The minimum absolute atomic E-state index is 0. The summed E-state index contributed by atoms with van der Waals surface area (Å²) in [6, 6.07) is 0. The van der Waals surface area contributed by atoms with Crippen LogP contribution in [0, 0.1) is 0 Å². The number of halogens is 6. The number of rotatable bonds is 0. The topological polar surface area (TPSA) is 74.6 Å². The van der Waals surface area contributed by atoms with E-state index in [0.29, 0.717) is 0 Å². The molecule has 0 saturated heterocycles. The summed E-state index contributed by atoms with van der Waals surface area (Å²) in [6.45, 7) is 0. The third-order valence-electron chi connectivity index (χ3n) is 0. The molecule has 13 heavy (non-hydrogen) atoms. The van der Waals surface area contributed by atoms with Gasteiger partial charge in [-0.3, -0.25) is 0 Å². The van der Waals surface area contributed by atoms with E-state index in [0.717, 1.165) is 0 Å². The summed E-state index contributed by atoms with van der Waals surface area (Å²) < 4.78 is 31.9. The third kappa shape index (κ3) is 301. The molecule has 2 radical (unpaired) electrons. The Morgan fingerprint density at radius 1 is 0.615 bits per heavy atom. The maximum absolute atomic E-state index is 8.82. The van der Waals surface area contributed by atoms with Gasteiger partial charge in [0.25, 0.3) is 0 Å². The molecule has 0 amide bonds. The van der Waals surface area contributed by atoms with Crippen molar-refractivity contribution in [2.24, 2.45) is 0 Å². The van der Waals surface area contributed by atoms with Crippen LogP contribution in [0.25, 0.3) is 0 Å². The molecular formula is H2Cl6Cr3O4. The Balaban J connectivity index is -0.00000000286. The minimum atomic E-state index is -5.25. The van der Waals surface area contributed by atoms with Crippen LogP contribution in [0.3, 0.4) is 0 Å². The molecule has 13 heteroatoms. The average molecular weight is 435 g/mol. The van der Waals surface area contributed by atoms with Crippen molar-refractivity contribution in [3.8, 4) is 0 Å². The fraction of sp³-hybridized carbons (Fsp3) is 0. The average Bonchev–Trinajstić information content (AvgIpc) is 0.722. The first kappa shape index (κ1) is 74.4. The van der Waals surface area contributed by atoms with Crippen LogP contribution in [-0.4, -0.2) is 8.32 Å². The molecule has 0 saturated carbocycles. The Hall–Kier alpha value is 2.86. The van der Waals surface area contributed by atoms with Crippen LogP contribution in [-0.2, 0) is 55.9 Å². The van der Waals surface area contributed by atoms with E-state index in [1.807, 2.05) is 0 Å². The summed E-state index contributed by atoms with van der Waals surface area (Å²) in [6.07, 6.45) is 0. The molecule has 0 aromatic carbocycles. The van der Waals surface area contributed by atoms with Gasteiger partial charge in [-0.1, -0.05) is 0 Å². The predicted octanol–water partition coefficient (Wildman–Crippen LogP) is -19.3. The molecule has 0 rings (SSSR count). The van der Waals surface area contributed by atoms with Crippen LogP contribution >= 0.6 is 0 Å². The van der Waals surface area contributed by atoms with E-state index in [9.17, 15) is 0 Å². The van der Waals surface area contributed by atoms with Gasteiger partial charge >= 0.3 is 64.3 Å². The fourth-order valence-corrected chi connectivity index (χ4v) is 0. The van der Waals surface area contributed by atoms with Crippen LogP contribution < -0.4 is 74.4 Å². The van der Waals surface area contributed by atoms with Gasteiger partial charge in [-0.15, -0.1) is 0 Å². The second kappa shape index (κ2) is 36.4. The Morgan fingerprint density at radius 2 is 0.615 bits per heavy atom. The first-order chi connectivity index (χ1) is 2.00. The molecule has 0 aliphatic heterocycles. The van der Waals surface area contributed by atoms with Crippen LogP contribution in [0.1, 0.15) is 0 Å². The molecule has 86 valence electrons. The summed E-state index contributed by atoms with van der Waals surface area (Å²) in [7, 11) is 0. The van der Waals surface area contributed by atoms with E-state index in [-0.39, 0.29) is 109 Å². The van der Waals surface area contributed by atoms with Crippen molar-refractivity contribution < 1.29 is 139 Å². The van der Waals surface area contributed by atoms with Gasteiger partial charge in [0.15, 0.2) is 0 Å². The molecule has 0 bridgehead atoms. The first-order valence-corrected chi connectivity index (χ1v) is 2.88. The SMILES string of the molecule is [Cl-].[Cl-].[Cl-].[Cl-].[Cl-].[Cl-].[Cr+3].[Cr+3].[O]=[Cr](=[O])([OH])[OH]. The summed E-state index contributed by atoms with van der Waals surface area (Å²) in [5, 5.41) is 0. The fourth-order valence-electron chi connectivity index (χ4n) is 0. The Labute approximate surface area is 137 Å². The molecule has 0 aliphatic rings. The van der Waals surface area contributed by atoms with E-state index < -0.39 is 13.6 Å². The van der Waals surface area contributed by atoms with E-state index in [1.165, 1.54) is 0 Å². The standard InChI is InChI=1S/6ClH.3Cr.2H2O.2O/h6*1H;;;;2*1H2;;/q;;;;;;+2;2*+3;;;;/p-8. The summed E-state index contributed by atoms with van der Waals surface area (Å²) in [5.41, 5.74) is 0. The van der Waals surface area contributed by atoms with Crippen LogP contribution in [0.15, 0.2) is 0 Å². The Kier molecular flexibility index (Phi) is 208. The van der Waals surface area contributed by atoms with E-state index >= 15 is 0 Å². The Morgan fingerprint density at radius 3 is 0.615 bits per heavy atom. The van der Waals surface area contributed by atoms with Gasteiger partial charge in [-0.25, -0.2) is 0 Å². The molecular weight excluding hydrogens is 433 g/mol. The van der Waals surface area contributed by atoms with Crippen LogP contribution in [0.5, 0.6) is 0 Å². The summed E-state index contributed by atoms with van der Waals surface area (Å²) in [5.74, 6) is 0. The van der Waals surface area contributed by atoms with Gasteiger partial charge in [-0.2, -0.15) is 0 Å². The Bertz CT molecular complexity index is 103. The van der Waals surface area contributed by atoms with Crippen molar-refractivity contribution in [1.82, 2.24) is 0 Å². The van der Waals surface area contributed by atoms with Crippen molar-refractivity contribution in [3.63, 3.8) is 0 Å². The van der Waals surface area contributed by atoms with Crippen molar-refractivity contribution in [3.05, 3.63) is 0 Å². The van der Waals surface area contributed by atoms with Gasteiger partial charge in [0.05, 0.1) is 0 Å². The van der Waals surface area contributed by atoms with Gasteiger partial charge in [0, 0.05) is 0 Å². The molecule has 0 heterocycles. The summed E-state index contributed by atoms with van der Waals surface area (Å²) in [4.78, 5) is 0. The number of hydrogen-bond acceptors (Lipinski definition) is 2. The van der Waals surface area contributed by atoms with Crippen molar-refractivity contribution in [2.75, 3.05) is 0 Å². The summed E-state index contributed by atoms with van der Waals surface area (Å²) >= 11 is -5.25. The molecule has 0 aromatic rings. The zero-order valence-electron chi connectivity index (χ0n) is 5.20. The molecule has 0 atom stereocenters. The van der Waals surface area contributed by atoms with Gasteiger partial charge in [0.1, 0.15) is 0 Å². The maximum atomic E-state index is 8.82. The van der Waals surface area contributed by atoms with Crippen LogP contribution in [0.4, 0.5) is 0 Å². The van der Waals surface area contributed by atoms with Crippen molar-refractivity contribution in [2.45, 2.75) is 0 Å². The monoisotopic (exact) mass is 432 g/mol. The van der Waals surface area contributed by atoms with E-state index in [1.54, 1.807) is 0 Å². The molecule has 0 unspecified atom stereocenters. The number of hydrogen-bond donors (Lipinski definition) is 2. The van der Waals surface area contributed by atoms with Crippen molar-refractivity contribution in [1.29, 1.82) is 0 Å². The molecule has 0 fully saturated rings. The van der Waals surface area contributed by atoms with Crippen molar-refractivity contribution >= 4 is 0 Å².